The highest BCUT2D eigenvalue weighted by Gasteiger charge is 1.97. The summed E-state index contributed by atoms with van der Waals surface area (Å²) in [7, 11) is 0. The van der Waals surface area contributed by atoms with Gasteiger partial charge in [-0.2, -0.15) is 0 Å². The Kier molecular flexibility index (Phi) is 4.67. The molecule has 0 atom stereocenters. The lowest BCUT2D eigenvalue weighted by Gasteiger charge is -2.06. The van der Waals surface area contributed by atoms with Crippen molar-refractivity contribution >= 4 is 0 Å². The van der Waals surface area contributed by atoms with E-state index in [4.69, 9.17) is 4.74 Å². The van der Waals surface area contributed by atoms with Gasteiger partial charge < -0.3 is 10.1 Å². The van der Waals surface area contributed by atoms with Crippen molar-refractivity contribution in [3.8, 4) is 5.75 Å². The molecule has 0 aromatic carbocycles. The molecule has 0 unspecified atom stereocenters. The number of pyridine rings is 2. The minimum atomic E-state index is 0.538. The van der Waals surface area contributed by atoms with E-state index in [1.165, 1.54) is 0 Å². The van der Waals surface area contributed by atoms with Crippen molar-refractivity contribution in [1.29, 1.82) is 0 Å². The quantitative estimate of drug-likeness (QED) is 0.844. The molecule has 1 N–H and O–H groups in total. The maximum absolute atomic E-state index is 5.64. The summed E-state index contributed by atoms with van der Waals surface area (Å²) in [6, 6.07) is 7.80. The second kappa shape index (κ2) is 6.71. The van der Waals surface area contributed by atoms with Gasteiger partial charge in [0.25, 0.3) is 0 Å². The predicted molar refractivity (Wildman–Crippen MR) is 70.2 cm³/mol. The Morgan fingerprint density at radius 1 is 1.17 bits per heavy atom. The molecule has 2 aromatic rings. The van der Waals surface area contributed by atoms with Gasteiger partial charge >= 0.3 is 0 Å². The van der Waals surface area contributed by atoms with E-state index in [1.54, 1.807) is 18.6 Å². The first-order valence-electron chi connectivity index (χ1n) is 6.06. The lowest BCUT2D eigenvalue weighted by Crippen LogP contribution is -2.12. The highest BCUT2D eigenvalue weighted by atomic mass is 16.5. The molecule has 94 valence electrons. The number of rotatable bonds is 6. The molecule has 0 saturated carbocycles. The van der Waals surface area contributed by atoms with Crippen molar-refractivity contribution in [1.82, 2.24) is 15.3 Å². The van der Waals surface area contributed by atoms with Crippen molar-refractivity contribution in [2.45, 2.75) is 20.1 Å². The van der Waals surface area contributed by atoms with Crippen LogP contribution in [0.3, 0.4) is 0 Å². The van der Waals surface area contributed by atoms with Crippen LogP contribution in [-0.4, -0.2) is 16.5 Å². The monoisotopic (exact) mass is 243 g/mol. The Morgan fingerprint density at radius 2 is 2.00 bits per heavy atom. The number of ether oxygens (including phenoxy) is 1. The summed E-state index contributed by atoms with van der Waals surface area (Å²) in [6.07, 6.45) is 5.28. The lowest BCUT2D eigenvalue weighted by atomic mass is 10.3. The van der Waals surface area contributed by atoms with E-state index in [0.29, 0.717) is 6.61 Å². The third kappa shape index (κ3) is 3.82. The average molecular weight is 243 g/mol. The van der Waals surface area contributed by atoms with Crippen molar-refractivity contribution in [3.63, 3.8) is 0 Å². The minimum Gasteiger partial charge on any atom is -0.487 e. The molecular formula is C14H17N3O. The largest absolute Gasteiger partial charge is 0.487 e. The highest BCUT2D eigenvalue weighted by molar-refractivity contribution is 5.20. The Hall–Kier alpha value is -1.94. The van der Waals surface area contributed by atoms with Crippen LogP contribution in [0.1, 0.15) is 18.2 Å². The van der Waals surface area contributed by atoms with Gasteiger partial charge in [0.15, 0.2) is 0 Å². The van der Waals surface area contributed by atoms with Gasteiger partial charge in [0.05, 0.1) is 11.9 Å². The maximum Gasteiger partial charge on any atom is 0.138 e. The Morgan fingerprint density at radius 3 is 2.67 bits per heavy atom. The summed E-state index contributed by atoms with van der Waals surface area (Å²) in [5, 5.41) is 3.23. The third-order valence-corrected chi connectivity index (χ3v) is 2.51. The maximum atomic E-state index is 5.64. The normalized spacial score (nSPS) is 10.3. The van der Waals surface area contributed by atoms with Crippen LogP contribution < -0.4 is 10.1 Å². The molecule has 0 saturated heterocycles. The third-order valence-electron chi connectivity index (χ3n) is 2.51. The molecular weight excluding hydrogens is 226 g/mol. The fourth-order valence-electron chi connectivity index (χ4n) is 1.50. The molecule has 4 nitrogen and oxygen atoms in total. The van der Waals surface area contributed by atoms with E-state index in [2.05, 4.69) is 22.2 Å². The molecule has 2 aromatic heterocycles. The van der Waals surface area contributed by atoms with E-state index >= 15 is 0 Å². The van der Waals surface area contributed by atoms with E-state index in [1.807, 2.05) is 24.3 Å². The molecule has 0 amide bonds. The van der Waals surface area contributed by atoms with Crippen LogP contribution in [0, 0.1) is 0 Å². The van der Waals surface area contributed by atoms with Gasteiger partial charge in [0.2, 0.25) is 0 Å². The van der Waals surface area contributed by atoms with E-state index < -0.39 is 0 Å². The van der Waals surface area contributed by atoms with Crippen LogP contribution in [0.2, 0.25) is 0 Å². The molecule has 0 fully saturated rings. The first-order valence-corrected chi connectivity index (χ1v) is 6.06. The standard InChI is InChI=1S/C14H17N3O/c1-2-15-9-13-3-4-14(10-17-13)18-11-12-5-7-16-8-6-12/h3-8,10,15H,2,9,11H2,1H3. The van der Waals surface area contributed by atoms with Gasteiger partial charge in [-0.3, -0.25) is 9.97 Å². The topological polar surface area (TPSA) is 47.0 Å². The summed E-state index contributed by atoms with van der Waals surface area (Å²) in [5.74, 6) is 0.784. The molecule has 0 aliphatic carbocycles. The van der Waals surface area contributed by atoms with Crippen LogP contribution in [0.5, 0.6) is 5.75 Å². The summed E-state index contributed by atoms with van der Waals surface area (Å²) < 4.78 is 5.64. The second-order valence-electron chi connectivity index (χ2n) is 3.91. The number of nitrogens with zero attached hydrogens (tertiary/aromatic N) is 2. The lowest BCUT2D eigenvalue weighted by molar-refractivity contribution is 0.304. The molecule has 0 bridgehead atoms. The average Bonchev–Trinajstić information content (AvgIpc) is 2.45. The summed E-state index contributed by atoms with van der Waals surface area (Å²) in [5.41, 5.74) is 2.12. The van der Waals surface area contributed by atoms with Crippen molar-refractivity contribution in [3.05, 3.63) is 54.1 Å². The van der Waals surface area contributed by atoms with Gasteiger partial charge in [-0.1, -0.05) is 6.92 Å². The zero-order chi connectivity index (χ0) is 12.6. The minimum absolute atomic E-state index is 0.538. The molecule has 18 heavy (non-hydrogen) atoms. The molecule has 0 aliphatic heterocycles. The van der Waals surface area contributed by atoms with Crippen LogP contribution >= 0.6 is 0 Å². The van der Waals surface area contributed by atoms with Crippen LogP contribution in [0.15, 0.2) is 42.9 Å². The van der Waals surface area contributed by atoms with E-state index in [0.717, 1.165) is 30.1 Å². The number of aromatic nitrogens is 2. The fourth-order valence-corrected chi connectivity index (χ4v) is 1.50. The summed E-state index contributed by atoms with van der Waals surface area (Å²) in [4.78, 5) is 8.29. The molecule has 2 heterocycles. The second-order valence-corrected chi connectivity index (χ2v) is 3.91. The zero-order valence-electron chi connectivity index (χ0n) is 10.5. The number of nitrogens with one attached hydrogen (secondary N) is 1. The van der Waals surface area contributed by atoms with Crippen molar-refractivity contribution in [2.24, 2.45) is 0 Å². The van der Waals surface area contributed by atoms with E-state index in [9.17, 15) is 0 Å². The smallest absolute Gasteiger partial charge is 0.138 e. The van der Waals surface area contributed by atoms with Gasteiger partial charge in [-0.05, 0) is 36.4 Å². The highest BCUT2D eigenvalue weighted by Crippen LogP contribution is 2.11. The Bertz CT molecular complexity index is 456. The summed E-state index contributed by atoms with van der Waals surface area (Å²) in [6.45, 7) is 4.35. The first kappa shape index (κ1) is 12.5. The Labute approximate surface area is 107 Å². The van der Waals surface area contributed by atoms with Crippen LogP contribution in [0.4, 0.5) is 0 Å². The van der Waals surface area contributed by atoms with Crippen LogP contribution in [0.25, 0.3) is 0 Å². The molecule has 0 spiro atoms. The van der Waals surface area contributed by atoms with Gasteiger partial charge in [0.1, 0.15) is 12.4 Å². The fraction of sp³-hybridized carbons (Fsp3) is 0.286. The first-order chi connectivity index (χ1) is 8.88. The molecule has 0 aliphatic rings. The number of hydrogen-bond acceptors (Lipinski definition) is 4. The summed E-state index contributed by atoms with van der Waals surface area (Å²) >= 11 is 0. The Balaban J connectivity index is 1.86. The van der Waals surface area contributed by atoms with Gasteiger partial charge in [-0.15, -0.1) is 0 Å². The number of hydrogen-bond donors (Lipinski definition) is 1. The van der Waals surface area contributed by atoms with Crippen molar-refractivity contribution in [2.75, 3.05) is 6.54 Å². The molecule has 0 radical (unpaired) electrons. The predicted octanol–water partition coefficient (Wildman–Crippen LogP) is 2.17. The van der Waals surface area contributed by atoms with Crippen molar-refractivity contribution < 1.29 is 4.74 Å². The molecule has 4 heteroatoms. The van der Waals surface area contributed by atoms with Crippen LogP contribution in [-0.2, 0) is 13.2 Å². The SMILES string of the molecule is CCNCc1ccc(OCc2ccncc2)cn1. The van der Waals surface area contributed by atoms with Gasteiger partial charge in [0, 0.05) is 18.9 Å². The zero-order valence-corrected chi connectivity index (χ0v) is 10.5. The van der Waals surface area contributed by atoms with E-state index in [-0.39, 0.29) is 0 Å². The van der Waals surface area contributed by atoms with Gasteiger partial charge in [-0.25, -0.2) is 0 Å². The molecule has 2 rings (SSSR count).